The molecule has 0 unspecified atom stereocenters. The Hall–Kier alpha value is -1.67. The number of hydrogen-bond acceptors (Lipinski definition) is 6. The average Bonchev–Trinajstić information content (AvgIpc) is 3.12. The molecule has 3 fully saturated rings. The Labute approximate surface area is 172 Å². The minimum absolute atomic E-state index is 0.162. The summed E-state index contributed by atoms with van der Waals surface area (Å²) in [6.45, 7) is 8.41. The van der Waals surface area contributed by atoms with Crippen molar-refractivity contribution in [3.63, 3.8) is 0 Å². The van der Waals surface area contributed by atoms with Crippen LogP contribution in [0.25, 0.3) is 0 Å². The molecular formula is C22H32N2O5. The molecule has 29 heavy (non-hydrogen) atoms. The molecule has 0 aromatic heterocycles. The van der Waals surface area contributed by atoms with Gasteiger partial charge in [-0.25, -0.2) is 0 Å². The summed E-state index contributed by atoms with van der Waals surface area (Å²) in [5.74, 6) is 0.345. The molecule has 7 heteroatoms. The van der Waals surface area contributed by atoms with Crippen LogP contribution in [0.2, 0.25) is 0 Å². The van der Waals surface area contributed by atoms with E-state index in [-0.39, 0.29) is 5.92 Å². The van der Waals surface area contributed by atoms with Crippen molar-refractivity contribution in [2.45, 2.75) is 19.4 Å². The van der Waals surface area contributed by atoms with Gasteiger partial charge in [0.2, 0.25) is 0 Å². The smallest absolute Gasteiger partial charge is 0.313 e. The number of carboxylic acid groups (broad SMARTS) is 1. The zero-order valence-corrected chi connectivity index (χ0v) is 17.1. The van der Waals surface area contributed by atoms with Gasteiger partial charge in [-0.05, 0) is 24.8 Å². The molecule has 3 heterocycles. The van der Waals surface area contributed by atoms with Gasteiger partial charge >= 0.3 is 5.97 Å². The van der Waals surface area contributed by atoms with Gasteiger partial charge in [0.05, 0.1) is 26.4 Å². The first kappa shape index (κ1) is 20.6. The predicted octanol–water partition coefficient (Wildman–Crippen LogP) is 1.71. The highest BCUT2D eigenvalue weighted by Crippen LogP contribution is 2.42. The van der Waals surface area contributed by atoms with Crippen molar-refractivity contribution in [2.24, 2.45) is 11.3 Å². The number of likely N-dealkylation sites (tertiary alicyclic amines) is 1. The van der Waals surface area contributed by atoms with E-state index in [0.717, 1.165) is 63.5 Å². The number of morpholine rings is 1. The molecule has 0 aliphatic carbocycles. The number of para-hydroxylation sites is 1. The second-order valence-corrected chi connectivity index (χ2v) is 8.43. The quantitative estimate of drug-likeness (QED) is 0.662. The minimum atomic E-state index is -0.758. The zero-order chi connectivity index (χ0) is 20.1. The van der Waals surface area contributed by atoms with Crippen LogP contribution >= 0.6 is 0 Å². The Morgan fingerprint density at radius 1 is 1.17 bits per heavy atom. The lowest BCUT2D eigenvalue weighted by Crippen LogP contribution is -2.46. The summed E-state index contributed by atoms with van der Waals surface area (Å²) >= 11 is 0. The molecule has 3 aliphatic rings. The molecule has 3 saturated heterocycles. The third-order valence-electron chi connectivity index (χ3n) is 6.51. The number of benzene rings is 1. The van der Waals surface area contributed by atoms with Gasteiger partial charge in [-0.3, -0.25) is 14.6 Å². The zero-order valence-electron chi connectivity index (χ0n) is 17.1. The molecule has 160 valence electrons. The number of carboxylic acids is 1. The van der Waals surface area contributed by atoms with Gasteiger partial charge in [-0.15, -0.1) is 0 Å². The summed E-state index contributed by atoms with van der Waals surface area (Å²) in [4.78, 5) is 16.7. The SMILES string of the molecule is O=C(O)[C@]12COCC[C@H]1CN(Cc1ccccc1OCCCN1CCOCC1)C2. The largest absolute Gasteiger partial charge is 0.493 e. The van der Waals surface area contributed by atoms with E-state index in [1.54, 1.807) is 0 Å². The minimum Gasteiger partial charge on any atom is -0.493 e. The molecule has 1 N–H and O–H groups in total. The van der Waals surface area contributed by atoms with Crippen molar-refractivity contribution < 1.29 is 24.1 Å². The van der Waals surface area contributed by atoms with Crippen LogP contribution in [0.5, 0.6) is 5.75 Å². The number of fused-ring (bicyclic) bond motifs is 1. The third kappa shape index (κ3) is 4.74. The van der Waals surface area contributed by atoms with E-state index in [1.807, 2.05) is 18.2 Å². The molecular weight excluding hydrogens is 372 g/mol. The first-order chi connectivity index (χ1) is 14.2. The summed E-state index contributed by atoms with van der Waals surface area (Å²) in [5.41, 5.74) is 0.366. The Balaban J connectivity index is 1.32. The van der Waals surface area contributed by atoms with Crippen molar-refractivity contribution in [3.8, 4) is 5.75 Å². The fourth-order valence-electron chi connectivity index (χ4n) is 4.83. The maximum atomic E-state index is 12.0. The van der Waals surface area contributed by atoms with Gasteiger partial charge in [0.15, 0.2) is 0 Å². The highest BCUT2D eigenvalue weighted by Gasteiger charge is 2.54. The Bertz CT molecular complexity index is 694. The number of nitrogens with zero attached hydrogens (tertiary/aromatic N) is 2. The normalized spacial score (nSPS) is 28.2. The fraction of sp³-hybridized carbons (Fsp3) is 0.682. The Morgan fingerprint density at radius 2 is 2.00 bits per heavy atom. The standard InChI is InChI=1S/C22H32N2O5/c25-21(26)22-16-24(15-19(22)6-11-28-17-22)14-18-4-1-2-5-20(18)29-10-3-7-23-8-12-27-13-9-23/h1-2,4-5,19H,3,6-17H2,(H,25,26)/t19-,22+/m0/s1. The van der Waals surface area contributed by atoms with Crippen LogP contribution in [0.1, 0.15) is 18.4 Å². The average molecular weight is 405 g/mol. The number of ether oxygens (including phenoxy) is 3. The second kappa shape index (κ2) is 9.43. The molecule has 0 amide bonds. The van der Waals surface area contributed by atoms with Crippen LogP contribution in [-0.4, -0.2) is 86.6 Å². The van der Waals surface area contributed by atoms with Crippen LogP contribution in [0, 0.1) is 11.3 Å². The Kier molecular flexibility index (Phi) is 6.70. The highest BCUT2D eigenvalue weighted by molar-refractivity contribution is 5.76. The Morgan fingerprint density at radius 3 is 2.79 bits per heavy atom. The van der Waals surface area contributed by atoms with Gasteiger partial charge in [-0.1, -0.05) is 18.2 Å². The maximum absolute atomic E-state index is 12.0. The summed E-state index contributed by atoms with van der Waals surface area (Å²) < 4.78 is 17.0. The highest BCUT2D eigenvalue weighted by atomic mass is 16.5. The van der Waals surface area contributed by atoms with Crippen molar-refractivity contribution in [2.75, 3.05) is 65.8 Å². The second-order valence-electron chi connectivity index (χ2n) is 8.43. The van der Waals surface area contributed by atoms with E-state index >= 15 is 0 Å². The molecule has 0 saturated carbocycles. The third-order valence-corrected chi connectivity index (χ3v) is 6.51. The van der Waals surface area contributed by atoms with E-state index < -0.39 is 11.4 Å². The number of carbonyl (C=O) groups is 1. The van der Waals surface area contributed by atoms with E-state index in [1.165, 1.54) is 0 Å². The van der Waals surface area contributed by atoms with E-state index in [2.05, 4.69) is 15.9 Å². The van der Waals surface area contributed by atoms with Crippen molar-refractivity contribution >= 4 is 5.97 Å². The summed E-state index contributed by atoms with van der Waals surface area (Å²) in [5, 5.41) is 9.85. The van der Waals surface area contributed by atoms with Crippen molar-refractivity contribution in [3.05, 3.63) is 29.8 Å². The van der Waals surface area contributed by atoms with Crippen molar-refractivity contribution in [1.82, 2.24) is 9.80 Å². The molecule has 2 atom stereocenters. The lowest BCUT2D eigenvalue weighted by molar-refractivity contribution is -0.159. The first-order valence-corrected chi connectivity index (χ1v) is 10.7. The molecule has 1 aromatic carbocycles. The lowest BCUT2D eigenvalue weighted by Gasteiger charge is -2.34. The number of rotatable bonds is 8. The van der Waals surface area contributed by atoms with E-state index in [0.29, 0.717) is 32.9 Å². The maximum Gasteiger partial charge on any atom is 0.313 e. The topological polar surface area (TPSA) is 71.5 Å². The monoisotopic (exact) mass is 404 g/mol. The number of aliphatic carboxylic acids is 1. The summed E-state index contributed by atoms with van der Waals surface area (Å²) in [6, 6.07) is 8.12. The molecule has 1 aromatic rings. The van der Waals surface area contributed by atoms with Gasteiger partial charge < -0.3 is 19.3 Å². The fourth-order valence-corrected chi connectivity index (χ4v) is 4.83. The molecule has 0 spiro atoms. The van der Waals surface area contributed by atoms with Gasteiger partial charge in [0, 0.05) is 51.4 Å². The molecule has 7 nitrogen and oxygen atoms in total. The molecule has 0 radical (unpaired) electrons. The lowest BCUT2D eigenvalue weighted by atomic mass is 9.76. The van der Waals surface area contributed by atoms with Crippen LogP contribution in [0.4, 0.5) is 0 Å². The van der Waals surface area contributed by atoms with Gasteiger partial charge in [0.25, 0.3) is 0 Å². The van der Waals surface area contributed by atoms with Gasteiger partial charge in [0.1, 0.15) is 11.2 Å². The summed E-state index contributed by atoms with van der Waals surface area (Å²) in [6.07, 6.45) is 1.81. The number of hydrogen-bond donors (Lipinski definition) is 1. The molecule has 0 bridgehead atoms. The predicted molar refractivity (Wildman–Crippen MR) is 108 cm³/mol. The van der Waals surface area contributed by atoms with Crippen LogP contribution in [-0.2, 0) is 20.8 Å². The van der Waals surface area contributed by atoms with Gasteiger partial charge in [-0.2, -0.15) is 0 Å². The van der Waals surface area contributed by atoms with Crippen LogP contribution < -0.4 is 4.74 Å². The van der Waals surface area contributed by atoms with E-state index in [4.69, 9.17) is 14.2 Å². The first-order valence-electron chi connectivity index (χ1n) is 10.7. The van der Waals surface area contributed by atoms with Crippen LogP contribution in [0.15, 0.2) is 24.3 Å². The van der Waals surface area contributed by atoms with E-state index in [9.17, 15) is 9.90 Å². The molecule has 4 rings (SSSR count). The van der Waals surface area contributed by atoms with Crippen molar-refractivity contribution in [1.29, 1.82) is 0 Å². The molecule has 3 aliphatic heterocycles. The summed E-state index contributed by atoms with van der Waals surface area (Å²) in [7, 11) is 0. The van der Waals surface area contributed by atoms with Crippen LogP contribution in [0.3, 0.4) is 0 Å².